The predicted octanol–water partition coefficient (Wildman–Crippen LogP) is 2.66. The van der Waals surface area contributed by atoms with Crippen molar-refractivity contribution in [1.29, 1.82) is 0 Å². The van der Waals surface area contributed by atoms with E-state index >= 15 is 0 Å². The summed E-state index contributed by atoms with van der Waals surface area (Å²) in [5.41, 5.74) is 7.35. The molecule has 0 radical (unpaired) electrons. The minimum Gasteiger partial charge on any atom is -0.493 e. The van der Waals surface area contributed by atoms with Gasteiger partial charge in [-0.15, -0.1) is 0 Å². The zero-order chi connectivity index (χ0) is 16.3. The average Bonchev–Trinajstić information content (AvgIpc) is 2.53. The lowest BCUT2D eigenvalue weighted by Crippen LogP contribution is -2.02. The van der Waals surface area contributed by atoms with E-state index in [0.717, 1.165) is 5.56 Å². The third-order valence-electron chi connectivity index (χ3n) is 3.28. The Hall–Kier alpha value is -2.89. The maximum absolute atomic E-state index is 11.2. The molecule has 0 heterocycles. The predicted molar refractivity (Wildman–Crippen MR) is 82.9 cm³/mol. The summed E-state index contributed by atoms with van der Waals surface area (Å²) in [4.78, 5) is 11.2. The Bertz CT molecular complexity index is 687. The van der Waals surface area contributed by atoms with E-state index in [0.29, 0.717) is 22.8 Å². The number of nitrogen functional groups attached to an aromatic ring is 1. The SMILES string of the molecule is COc1cc(-c2ccc(N)c(C(=O)O)c2)cc(OC)c1OC. The molecule has 2 rings (SSSR count). The molecule has 0 aliphatic rings. The van der Waals surface area contributed by atoms with Crippen molar-refractivity contribution < 1.29 is 24.1 Å². The zero-order valence-corrected chi connectivity index (χ0v) is 12.5. The van der Waals surface area contributed by atoms with Crippen LogP contribution < -0.4 is 19.9 Å². The largest absolute Gasteiger partial charge is 0.493 e. The quantitative estimate of drug-likeness (QED) is 0.825. The first-order chi connectivity index (χ1) is 10.5. The van der Waals surface area contributed by atoms with Crippen LogP contribution in [0.5, 0.6) is 17.2 Å². The number of carboxylic acids is 1. The highest BCUT2D eigenvalue weighted by atomic mass is 16.5. The average molecular weight is 303 g/mol. The highest BCUT2D eigenvalue weighted by Gasteiger charge is 2.16. The van der Waals surface area contributed by atoms with Gasteiger partial charge in [-0.3, -0.25) is 0 Å². The number of carboxylic acid groups (broad SMARTS) is 1. The summed E-state index contributed by atoms with van der Waals surface area (Å²) < 4.78 is 15.9. The number of hydrogen-bond donors (Lipinski definition) is 2. The molecule has 6 heteroatoms. The fourth-order valence-electron chi connectivity index (χ4n) is 2.17. The first-order valence-electron chi connectivity index (χ1n) is 6.45. The summed E-state index contributed by atoms with van der Waals surface area (Å²) >= 11 is 0. The van der Waals surface area contributed by atoms with Crippen LogP contribution in [0.15, 0.2) is 30.3 Å². The summed E-state index contributed by atoms with van der Waals surface area (Å²) in [5, 5.41) is 9.17. The highest BCUT2D eigenvalue weighted by Crippen LogP contribution is 2.41. The van der Waals surface area contributed by atoms with Crippen LogP contribution in [-0.2, 0) is 0 Å². The lowest BCUT2D eigenvalue weighted by molar-refractivity contribution is 0.0698. The van der Waals surface area contributed by atoms with Crippen molar-refractivity contribution >= 4 is 11.7 Å². The summed E-state index contributed by atoms with van der Waals surface area (Å²) in [6.45, 7) is 0. The van der Waals surface area contributed by atoms with Crippen molar-refractivity contribution in [3.8, 4) is 28.4 Å². The maximum Gasteiger partial charge on any atom is 0.337 e. The number of nitrogens with two attached hydrogens (primary N) is 1. The fourth-order valence-corrected chi connectivity index (χ4v) is 2.17. The fraction of sp³-hybridized carbons (Fsp3) is 0.188. The van der Waals surface area contributed by atoms with Crippen LogP contribution in [0.3, 0.4) is 0 Å². The topological polar surface area (TPSA) is 91.0 Å². The third kappa shape index (κ3) is 2.76. The van der Waals surface area contributed by atoms with Gasteiger partial charge in [0.15, 0.2) is 11.5 Å². The molecule has 2 aromatic carbocycles. The van der Waals surface area contributed by atoms with Crippen molar-refractivity contribution in [2.75, 3.05) is 27.1 Å². The molecular formula is C16H17NO5. The second-order valence-electron chi connectivity index (χ2n) is 4.52. The molecule has 0 aliphatic carbocycles. The monoisotopic (exact) mass is 303 g/mol. The van der Waals surface area contributed by atoms with E-state index in [1.54, 1.807) is 24.3 Å². The molecular weight excluding hydrogens is 286 g/mol. The standard InChI is InChI=1S/C16H17NO5/c1-20-13-7-10(8-14(21-2)15(13)22-3)9-4-5-12(17)11(6-9)16(18)19/h4-8H,17H2,1-3H3,(H,18,19). The molecule has 0 aliphatic heterocycles. The van der Waals surface area contributed by atoms with E-state index in [1.807, 2.05) is 0 Å². The molecule has 6 nitrogen and oxygen atoms in total. The van der Waals surface area contributed by atoms with Gasteiger partial charge in [0.1, 0.15) is 0 Å². The number of benzene rings is 2. The Kier molecular flexibility index (Phi) is 4.41. The van der Waals surface area contributed by atoms with Crippen LogP contribution in [0.25, 0.3) is 11.1 Å². The number of methoxy groups -OCH3 is 3. The van der Waals surface area contributed by atoms with Crippen LogP contribution >= 0.6 is 0 Å². The molecule has 2 aromatic rings. The summed E-state index contributed by atoms with van der Waals surface area (Å²) in [5.74, 6) is 0.380. The first kappa shape index (κ1) is 15.5. The van der Waals surface area contributed by atoms with Gasteiger partial charge in [0.25, 0.3) is 0 Å². The van der Waals surface area contributed by atoms with Gasteiger partial charge >= 0.3 is 5.97 Å². The number of rotatable bonds is 5. The van der Waals surface area contributed by atoms with Crippen LogP contribution in [0.1, 0.15) is 10.4 Å². The van der Waals surface area contributed by atoms with Gasteiger partial charge in [0.2, 0.25) is 5.75 Å². The molecule has 22 heavy (non-hydrogen) atoms. The summed E-state index contributed by atoms with van der Waals surface area (Å²) in [7, 11) is 4.56. The lowest BCUT2D eigenvalue weighted by atomic mass is 10.0. The van der Waals surface area contributed by atoms with Gasteiger partial charge in [0, 0.05) is 5.69 Å². The van der Waals surface area contributed by atoms with E-state index in [2.05, 4.69) is 0 Å². The van der Waals surface area contributed by atoms with Gasteiger partial charge in [-0.1, -0.05) is 6.07 Å². The Morgan fingerprint density at radius 2 is 1.55 bits per heavy atom. The third-order valence-corrected chi connectivity index (χ3v) is 3.28. The second kappa shape index (κ2) is 6.26. The number of anilines is 1. The van der Waals surface area contributed by atoms with E-state index in [-0.39, 0.29) is 11.3 Å². The molecule has 0 atom stereocenters. The highest BCUT2D eigenvalue weighted by molar-refractivity contribution is 5.95. The maximum atomic E-state index is 11.2. The molecule has 0 saturated carbocycles. The van der Waals surface area contributed by atoms with Gasteiger partial charge < -0.3 is 25.1 Å². The lowest BCUT2D eigenvalue weighted by Gasteiger charge is -2.14. The molecule has 0 amide bonds. The van der Waals surface area contributed by atoms with E-state index < -0.39 is 5.97 Å². The van der Waals surface area contributed by atoms with Crippen molar-refractivity contribution in [1.82, 2.24) is 0 Å². The minimum atomic E-state index is -1.08. The van der Waals surface area contributed by atoms with Gasteiger partial charge in [-0.25, -0.2) is 4.79 Å². The van der Waals surface area contributed by atoms with Crippen molar-refractivity contribution in [3.63, 3.8) is 0 Å². The number of carbonyl (C=O) groups is 1. The molecule has 0 bridgehead atoms. The molecule has 3 N–H and O–H groups in total. The van der Waals surface area contributed by atoms with Crippen LogP contribution in [0.2, 0.25) is 0 Å². The van der Waals surface area contributed by atoms with Gasteiger partial charge in [-0.05, 0) is 35.4 Å². The Labute approximate surface area is 128 Å². The number of ether oxygens (including phenoxy) is 3. The zero-order valence-electron chi connectivity index (χ0n) is 12.5. The Morgan fingerprint density at radius 1 is 0.955 bits per heavy atom. The van der Waals surface area contributed by atoms with Gasteiger partial charge in [0.05, 0.1) is 26.9 Å². The van der Waals surface area contributed by atoms with Gasteiger partial charge in [-0.2, -0.15) is 0 Å². The Balaban J connectivity index is 2.62. The normalized spacial score (nSPS) is 10.1. The molecule has 0 spiro atoms. The minimum absolute atomic E-state index is 0.0475. The van der Waals surface area contributed by atoms with Crippen LogP contribution in [-0.4, -0.2) is 32.4 Å². The Morgan fingerprint density at radius 3 is 2.00 bits per heavy atom. The van der Waals surface area contributed by atoms with Crippen molar-refractivity contribution in [2.45, 2.75) is 0 Å². The molecule has 0 fully saturated rings. The summed E-state index contributed by atoms with van der Waals surface area (Å²) in [6, 6.07) is 8.31. The number of hydrogen-bond acceptors (Lipinski definition) is 5. The van der Waals surface area contributed by atoms with Crippen LogP contribution in [0, 0.1) is 0 Å². The van der Waals surface area contributed by atoms with E-state index in [9.17, 15) is 9.90 Å². The smallest absolute Gasteiger partial charge is 0.337 e. The van der Waals surface area contributed by atoms with Crippen LogP contribution in [0.4, 0.5) is 5.69 Å². The number of aromatic carboxylic acids is 1. The van der Waals surface area contributed by atoms with E-state index in [4.69, 9.17) is 19.9 Å². The summed E-state index contributed by atoms with van der Waals surface area (Å²) in [6.07, 6.45) is 0. The second-order valence-corrected chi connectivity index (χ2v) is 4.52. The first-order valence-corrected chi connectivity index (χ1v) is 6.45. The van der Waals surface area contributed by atoms with Crippen molar-refractivity contribution in [2.24, 2.45) is 0 Å². The van der Waals surface area contributed by atoms with Crippen molar-refractivity contribution in [3.05, 3.63) is 35.9 Å². The molecule has 0 unspecified atom stereocenters. The molecule has 0 saturated heterocycles. The molecule has 0 aromatic heterocycles. The molecule has 116 valence electrons. The van der Waals surface area contributed by atoms with E-state index in [1.165, 1.54) is 27.4 Å².